The second-order valence-corrected chi connectivity index (χ2v) is 10.4. The molecule has 2 unspecified atom stereocenters. The predicted octanol–water partition coefficient (Wildman–Crippen LogP) is 6.13. The van der Waals surface area contributed by atoms with Gasteiger partial charge in [-0.05, 0) is 96.3 Å². The van der Waals surface area contributed by atoms with Gasteiger partial charge in [0.15, 0.2) is 0 Å². The van der Waals surface area contributed by atoms with E-state index in [1.807, 2.05) is 66.7 Å². The first-order valence-electron chi connectivity index (χ1n) is 13.9. The SMILES string of the molecule is N#Cc1cccc(CC(CO)C(CCc2ccccc2)NC(=O)c2ccc(-c3ccc4c(c3)CCCO4)cc2)c1. The van der Waals surface area contributed by atoms with Crippen molar-refractivity contribution in [3.8, 4) is 22.9 Å². The zero-order valence-corrected chi connectivity index (χ0v) is 22.6. The lowest BCUT2D eigenvalue weighted by atomic mass is 9.88. The summed E-state index contributed by atoms with van der Waals surface area (Å²) in [5, 5.41) is 22.9. The average molecular weight is 531 g/mol. The molecule has 5 nitrogen and oxygen atoms in total. The van der Waals surface area contributed by atoms with Crippen LogP contribution in [0.1, 0.15) is 45.5 Å². The molecule has 2 N–H and O–H groups in total. The number of carbonyl (C=O) groups excluding carboxylic acids is 1. The highest BCUT2D eigenvalue weighted by atomic mass is 16.5. The molecule has 40 heavy (non-hydrogen) atoms. The Morgan fingerprint density at radius 2 is 1.70 bits per heavy atom. The van der Waals surface area contributed by atoms with Crippen LogP contribution in [0.2, 0.25) is 0 Å². The summed E-state index contributed by atoms with van der Waals surface area (Å²) in [4.78, 5) is 13.4. The first-order chi connectivity index (χ1) is 19.6. The van der Waals surface area contributed by atoms with Gasteiger partial charge in [0, 0.05) is 24.1 Å². The summed E-state index contributed by atoms with van der Waals surface area (Å²) in [5.41, 5.74) is 6.71. The normalized spacial score (nSPS) is 13.8. The summed E-state index contributed by atoms with van der Waals surface area (Å²) in [6.45, 7) is 0.698. The van der Waals surface area contributed by atoms with Gasteiger partial charge in [0.1, 0.15) is 5.75 Å². The van der Waals surface area contributed by atoms with Gasteiger partial charge < -0.3 is 15.2 Å². The van der Waals surface area contributed by atoms with E-state index >= 15 is 0 Å². The second-order valence-electron chi connectivity index (χ2n) is 10.4. The fourth-order valence-corrected chi connectivity index (χ4v) is 5.40. The van der Waals surface area contributed by atoms with E-state index in [2.05, 4.69) is 35.7 Å². The molecule has 4 aromatic carbocycles. The Labute approximate surface area is 236 Å². The number of nitrogens with zero attached hydrogens (tertiary/aromatic N) is 1. The molecule has 1 aliphatic rings. The van der Waals surface area contributed by atoms with Gasteiger partial charge >= 0.3 is 0 Å². The van der Waals surface area contributed by atoms with Crippen LogP contribution >= 0.6 is 0 Å². The molecular weight excluding hydrogens is 496 g/mol. The molecule has 2 atom stereocenters. The molecule has 0 radical (unpaired) electrons. The lowest BCUT2D eigenvalue weighted by molar-refractivity contribution is 0.0898. The van der Waals surface area contributed by atoms with Gasteiger partial charge in [0.2, 0.25) is 0 Å². The van der Waals surface area contributed by atoms with Gasteiger partial charge in [-0.25, -0.2) is 0 Å². The van der Waals surface area contributed by atoms with Crippen molar-refractivity contribution in [2.75, 3.05) is 13.2 Å². The number of carbonyl (C=O) groups is 1. The molecule has 4 aromatic rings. The molecule has 5 heteroatoms. The third-order valence-corrected chi connectivity index (χ3v) is 7.65. The Kier molecular flexibility index (Phi) is 8.90. The van der Waals surface area contributed by atoms with E-state index < -0.39 is 0 Å². The minimum Gasteiger partial charge on any atom is -0.493 e. The first kappa shape index (κ1) is 27.2. The van der Waals surface area contributed by atoms with E-state index in [1.54, 1.807) is 6.07 Å². The Hall–Kier alpha value is -4.40. The third kappa shape index (κ3) is 6.77. The van der Waals surface area contributed by atoms with Crippen LogP contribution in [0.3, 0.4) is 0 Å². The van der Waals surface area contributed by atoms with Gasteiger partial charge in [-0.3, -0.25) is 4.79 Å². The van der Waals surface area contributed by atoms with Gasteiger partial charge in [-0.2, -0.15) is 5.26 Å². The molecule has 1 amide bonds. The minimum absolute atomic E-state index is 0.0719. The number of aliphatic hydroxyl groups is 1. The van der Waals surface area contributed by atoms with Crippen LogP contribution in [0, 0.1) is 17.2 Å². The van der Waals surface area contributed by atoms with Crippen molar-refractivity contribution in [3.05, 3.63) is 125 Å². The number of amides is 1. The molecule has 0 aliphatic carbocycles. The first-order valence-corrected chi connectivity index (χ1v) is 13.9. The van der Waals surface area contributed by atoms with Crippen LogP contribution in [0.25, 0.3) is 11.1 Å². The van der Waals surface area contributed by atoms with Gasteiger partial charge in [-0.15, -0.1) is 0 Å². The molecule has 0 saturated carbocycles. The minimum atomic E-state index is -0.247. The molecule has 202 valence electrons. The smallest absolute Gasteiger partial charge is 0.251 e. The van der Waals surface area contributed by atoms with Crippen LogP contribution in [-0.4, -0.2) is 30.3 Å². The van der Waals surface area contributed by atoms with E-state index in [9.17, 15) is 15.2 Å². The number of hydrogen-bond donors (Lipinski definition) is 2. The number of ether oxygens (including phenoxy) is 1. The van der Waals surface area contributed by atoms with Crippen molar-refractivity contribution in [3.63, 3.8) is 0 Å². The van der Waals surface area contributed by atoms with E-state index in [4.69, 9.17) is 4.74 Å². The number of rotatable bonds is 10. The monoisotopic (exact) mass is 530 g/mol. The van der Waals surface area contributed by atoms with Crippen molar-refractivity contribution in [2.45, 2.75) is 38.1 Å². The maximum absolute atomic E-state index is 13.4. The molecule has 0 bridgehead atoms. The zero-order valence-electron chi connectivity index (χ0n) is 22.6. The second kappa shape index (κ2) is 13.1. The molecule has 0 saturated heterocycles. The summed E-state index contributed by atoms with van der Waals surface area (Å²) in [6.07, 6.45) is 4.07. The van der Waals surface area contributed by atoms with Crippen LogP contribution in [0.4, 0.5) is 0 Å². The largest absolute Gasteiger partial charge is 0.493 e. The van der Waals surface area contributed by atoms with E-state index in [-0.39, 0.29) is 24.5 Å². The topological polar surface area (TPSA) is 82.4 Å². The Bertz CT molecular complexity index is 1480. The van der Waals surface area contributed by atoms with Crippen LogP contribution in [0.5, 0.6) is 5.75 Å². The number of aliphatic hydroxyl groups excluding tert-OH is 1. The van der Waals surface area contributed by atoms with Crippen molar-refractivity contribution >= 4 is 5.91 Å². The lowest BCUT2D eigenvalue weighted by Gasteiger charge is -2.27. The molecule has 5 rings (SSSR count). The van der Waals surface area contributed by atoms with Crippen LogP contribution in [0.15, 0.2) is 97.1 Å². The number of nitrogens with one attached hydrogen (secondary N) is 1. The molecule has 0 fully saturated rings. The summed E-state index contributed by atoms with van der Waals surface area (Å²) < 4.78 is 5.74. The van der Waals surface area contributed by atoms with Crippen molar-refractivity contribution in [1.29, 1.82) is 5.26 Å². The molecule has 1 aliphatic heterocycles. The standard InChI is InChI=1S/C35H34N2O3/c36-23-27-9-4-8-26(20-27)21-32(24-38)33(17-11-25-6-2-1-3-7-25)37-35(39)29-14-12-28(13-15-29)30-16-18-34-31(22-30)10-5-19-40-34/h1-4,6-9,12-16,18,20,22,32-33,38H,5,10-11,17,19,21,24H2,(H,37,39). The lowest BCUT2D eigenvalue weighted by Crippen LogP contribution is -2.43. The number of benzene rings is 4. The van der Waals surface area contributed by atoms with Crippen LogP contribution < -0.4 is 10.1 Å². The van der Waals surface area contributed by atoms with Crippen molar-refractivity contribution < 1.29 is 14.6 Å². The van der Waals surface area contributed by atoms with Gasteiger partial charge in [-0.1, -0.05) is 60.7 Å². The molecule has 0 aromatic heterocycles. The van der Waals surface area contributed by atoms with E-state index in [0.717, 1.165) is 48.3 Å². The van der Waals surface area contributed by atoms with Gasteiger partial charge in [0.25, 0.3) is 5.91 Å². The molecule has 0 spiro atoms. The van der Waals surface area contributed by atoms with E-state index in [0.29, 0.717) is 24.0 Å². The third-order valence-electron chi connectivity index (χ3n) is 7.65. The average Bonchev–Trinajstić information content (AvgIpc) is 3.02. The fraction of sp³-hybridized carbons (Fsp3) is 0.257. The Morgan fingerprint density at radius 1 is 0.925 bits per heavy atom. The predicted molar refractivity (Wildman–Crippen MR) is 157 cm³/mol. The summed E-state index contributed by atoms with van der Waals surface area (Å²) in [6, 6.07) is 33.5. The van der Waals surface area contributed by atoms with E-state index in [1.165, 1.54) is 11.1 Å². The maximum atomic E-state index is 13.4. The summed E-state index contributed by atoms with van der Waals surface area (Å²) in [5.74, 6) is 0.608. The summed E-state index contributed by atoms with van der Waals surface area (Å²) in [7, 11) is 0. The zero-order chi connectivity index (χ0) is 27.7. The van der Waals surface area contributed by atoms with Gasteiger partial charge in [0.05, 0.1) is 18.2 Å². The maximum Gasteiger partial charge on any atom is 0.251 e. The highest BCUT2D eigenvalue weighted by Gasteiger charge is 2.24. The van der Waals surface area contributed by atoms with Crippen molar-refractivity contribution in [2.24, 2.45) is 5.92 Å². The molecule has 1 heterocycles. The quantitative estimate of drug-likeness (QED) is 0.258. The summed E-state index contributed by atoms with van der Waals surface area (Å²) >= 11 is 0. The Balaban J connectivity index is 1.32. The number of fused-ring (bicyclic) bond motifs is 1. The van der Waals surface area contributed by atoms with Crippen LogP contribution in [-0.2, 0) is 19.3 Å². The number of nitriles is 1. The highest BCUT2D eigenvalue weighted by molar-refractivity contribution is 5.95. The fourth-order valence-electron chi connectivity index (χ4n) is 5.40. The number of hydrogen-bond acceptors (Lipinski definition) is 4. The molecular formula is C35H34N2O3. The number of aryl methyl sites for hydroxylation is 2. The highest BCUT2D eigenvalue weighted by Crippen LogP contribution is 2.30. The van der Waals surface area contributed by atoms with Crippen molar-refractivity contribution in [1.82, 2.24) is 5.32 Å². The Morgan fingerprint density at radius 3 is 2.48 bits per heavy atom.